The van der Waals surface area contributed by atoms with E-state index in [0.717, 1.165) is 50.4 Å². The predicted molar refractivity (Wildman–Crippen MR) is 131 cm³/mol. The predicted octanol–water partition coefficient (Wildman–Crippen LogP) is 3.71. The molecule has 2 heterocycles. The van der Waals surface area contributed by atoms with E-state index >= 15 is 0 Å². The molecule has 1 aromatic carbocycles. The third-order valence-corrected chi connectivity index (χ3v) is 11.3. The number of carboxylic acids is 1. The fraction of sp³-hybridized carbons (Fsp3) is 0.724. The molecule has 0 aromatic heterocycles. The van der Waals surface area contributed by atoms with Gasteiger partial charge in [0.1, 0.15) is 11.2 Å². The number of piperidine rings is 1. The van der Waals surface area contributed by atoms with Gasteiger partial charge in [-0.1, -0.05) is 6.07 Å². The molecule has 2 unspecified atom stereocenters. The number of hydrogen-bond donors (Lipinski definition) is 1. The zero-order valence-electron chi connectivity index (χ0n) is 21.3. The Kier molecular flexibility index (Phi) is 4.44. The van der Waals surface area contributed by atoms with Crippen molar-refractivity contribution in [3.63, 3.8) is 0 Å². The van der Waals surface area contributed by atoms with E-state index in [2.05, 4.69) is 23.1 Å². The van der Waals surface area contributed by atoms with Gasteiger partial charge in [0, 0.05) is 30.6 Å². The Labute approximate surface area is 208 Å². The molecule has 6 heteroatoms. The first kappa shape index (κ1) is 22.1. The summed E-state index contributed by atoms with van der Waals surface area (Å²) < 4.78 is 5.72. The molecule has 4 aliphatic carbocycles. The summed E-state index contributed by atoms with van der Waals surface area (Å²) in [5.41, 5.74) is 1.92. The van der Waals surface area contributed by atoms with Gasteiger partial charge >= 0.3 is 5.97 Å². The molecule has 0 spiro atoms. The molecule has 1 amide bonds. The van der Waals surface area contributed by atoms with E-state index in [1.807, 2.05) is 4.90 Å². The van der Waals surface area contributed by atoms with Crippen molar-refractivity contribution in [2.24, 2.45) is 28.6 Å². The molecule has 4 bridgehead atoms. The number of fused-ring (bicyclic) bond motifs is 1. The third-order valence-electron chi connectivity index (χ3n) is 11.3. The van der Waals surface area contributed by atoms with Gasteiger partial charge in [-0.05, 0) is 112 Å². The number of ether oxygens (including phenoxy) is 1. The summed E-state index contributed by atoms with van der Waals surface area (Å²) >= 11 is 0. The van der Waals surface area contributed by atoms with E-state index in [4.69, 9.17) is 4.74 Å². The molecule has 5 fully saturated rings. The van der Waals surface area contributed by atoms with E-state index in [0.29, 0.717) is 17.9 Å². The Morgan fingerprint density at radius 2 is 2.00 bits per heavy atom. The Hall–Kier alpha value is -2.08. The average molecular weight is 479 g/mol. The minimum absolute atomic E-state index is 0.0653. The number of nitrogens with zero attached hydrogens (tertiary/aromatic N) is 2. The van der Waals surface area contributed by atoms with Crippen LogP contribution in [0.1, 0.15) is 63.5 Å². The number of benzene rings is 1. The number of methoxy groups -OCH3 is 1. The zero-order valence-corrected chi connectivity index (χ0v) is 21.3. The summed E-state index contributed by atoms with van der Waals surface area (Å²) in [5.74, 6) is 1.48. The van der Waals surface area contributed by atoms with Gasteiger partial charge in [-0.3, -0.25) is 14.5 Å². The Morgan fingerprint density at radius 1 is 1.20 bits per heavy atom. The smallest absolute Gasteiger partial charge is 0.318 e. The molecule has 3 saturated carbocycles. The monoisotopic (exact) mass is 478 g/mol. The molecule has 1 N–H and O–H groups in total. The largest absolute Gasteiger partial charge is 0.497 e. The standard InChI is InChI=1S/C29H38N2O4/c1-27(2,26(33)34)25(32)31-16-19-14-28-9-8-22(31)24(19)29(28)10-11-30(15-17-4-5-17)23(28)12-18-6-7-20(35-3)13-21(18)29/h6-7,13,17,19,22-24H,4-5,8-12,14-16H2,1-3H3,(H,33,34)/t19-,22?,23-,24?,28-,29+/m1/s1. The number of carbonyl (C=O) groups is 2. The Balaban J connectivity index is 1.35. The van der Waals surface area contributed by atoms with Gasteiger partial charge < -0.3 is 14.7 Å². The highest BCUT2D eigenvalue weighted by Gasteiger charge is 2.76. The molecule has 35 heavy (non-hydrogen) atoms. The molecule has 188 valence electrons. The van der Waals surface area contributed by atoms with Gasteiger partial charge in [0.05, 0.1) is 7.11 Å². The highest BCUT2D eigenvalue weighted by atomic mass is 16.5. The fourth-order valence-corrected chi connectivity index (χ4v) is 9.75. The average Bonchev–Trinajstić information content (AvgIpc) is 3.53. The van der Waals surface area contributed by atoms with Crippen molar-refractivity contribution in [1.29, 1.82) is 0 Å². The number of rotatable bonds is 5. The Bertz CT molecular complexity index is 1110. The van der Waals surface area contributed by atoms with Crippen molar-refractivity contribution < 1.29 is 19.4 Å². The molecule has 2 aliphatic heterocycles. The summed E-state index contributed by atoms with van der Waals surface area (Å²) in [6.07, 6.45) is 8.39. The summed E-state index contributed by atoms with van der Waals surface area (Å²) in [4.78, 5) is 30.4. The first-order valence-electron chi connectivity index (χ1n) is 13.7. The minimum Gasteiger partial charge on any atom is -0.497 e. The lowest BCUT2D eigenvalue weighted by Gasteiger charge is -2.66. The number of carbonyl (C=O) groups excluding carboxylic acids is 1. The quantitative estimate of drug-likeness (QED) is 0.654. The van der Waals surface area contributed by atoms with Crippen LogP contribution in [-0.4, -0.2) is 65.6 Å². The molecule has 6 aliphatic rings. The van der Waals surface area contributed by atoms with Gasteiger partial charge in [-0.25, -0.2) is 0 Å². The first-order valence-corrected chi connectivity index (χ1v) is 13.7. The molecule has 7 rings (SSSR count). The second kappa shape index (κ2) is 7.02. The van der Waals surface area contributed by atoms with Crippen LogP contribution in [0.5, 0.6) is 5.75 Å². The van der Waals surface area contributed by atoms with E-state index in [-0.39, 0.29) is 22.8 Å². The van der Waals surface area contributed by atoms with Crippen LogP contribution >= 0.6 is 0 Å². The van der Waals surface area contributed by atoms with Gasteiger partial charge in [0.2, 0.25) is 5.91 Å². The Morgan fingerprint density at radius 3 is 2.71 bits per heavy atom. The van der Waals surface area contributed by atoms with Gasteiger partial charge in [0.15, 0.2) is 0 Å². The van der Waals surface area contributed by atoms with Crippen LogP contribution in [0.15, 0.2) is 18.2 Å². The fourth-order valence-electron chi connectivity index (χ4n) is 9.75. The second-order valence-corrected chi connectivity index (χ2v) is 13.0. The topological polar surface area (TPSA) is 70.1 Å². The molecular weight excluding hydrogens is 440 g/mol. The van der Waals surface area contributed by atoms with Crippen LogP contribution in [0.25, 0.3) is 0 Å². The van der Waals surface area contributed by atoms with Crippen LogP contribution in [-0.2, 0) is 21.4 Å². The summed E-state index contributed by atoms with van der Waals surface area (Å²) in [6, 6.07) is 7.49. The van der Waals surface area contributed by atoms with Crippen molar-refractivity contribution >= 4 is 11.9 Å². The van der Waals surface area contributed by atoms with Gasteiger partial charge in [-0.2, -0.15) is 0 Å². The number of amides is 1. The summed E-state index contributed by atoms with van der Waals surface area (Å²) in [6.45, 7) is 6.27. The molecule has 2 saturated heterocycles. The normalized spacial score (nSPS) is 39.2. The molecule has 6 atom stereocenters. The highest BCUT2D eigenvalue weighted by molar-refractivity contribution is 6.01. The lowest BCUT2D eigenvalue weighted by Crippen LogP contribution is -2.70. The zero-order chi connectivity index (χ0) is 24.3. The van der Waals surface area contributed by atoms with Crippen LogP contribution in [0.3, 0.4) is 0 Å². The minimum atomic E-state index is -1.38. The number of aliphatic carboxylic acids is 1. The van der Waals surface area contributed by atoms with Crippen molar-refractivity contribution in [2.45, 2.75) is 76.3 Å². The van der Waals surface area contributed by atoms with Crippen molar-refractivity contribution in [3.8, 4) is 5.75 Å². The molecule has 1 aromatic rings. The van der Waals surface area contributed by atoms with Crippen molar-refractivity contribution in [2.75, 3.05) is 26.7 Å². The van der Waals surface area contributed by atoms with E-state index < -0.39 is 11.4 Å². The maximum Gasteiger partial charge on any atom is 0.318 e. The number of likely N-dealkylation sites (tertiary alicyclic amines) is 2. The van der Waals surface area contributed by atoms with Crippen molar-refractivity contribution in [1.82, 2.24) is 9.80 Å². The van der Waals surface area contributed by atoms with Crippen LogP contribution in [0.4, 0.5) is 0 Å². The first-order chi connectivity index (χ1) is 16.7. The van der Waals surface area contributed by atoms with E-state index in [1.165, 1.54) is 36.9 Å². The van der Waals surface area contributed by atoms with Crippen LogP contribution in [0, 0.1) is 28.6 Å². The second-order valence-electron chi connectivity index (χ2n) is 13.0. The van der Waals surface area contributed by atoms with E-state index in [9.17, 15) is 14.7 Å². The maximum atomic E-state index is 13.6. The van der Waals surface area contributed by atoms with Crippen LogP contribution in [0.2, 0.25) is 0 Å². The maximum absolute atomic E-state index is 13.6. The third kappa shape index (κ3) is 2.65. The van der Waals surface area contributed by atoms with E-state index in [1.54, 1.807) is 21.0 Å². The van der Waals surface area contributed by atoms with Gasteiger partial charge in [-0.15, -0.1) is 0 Å². The number of carboxylic acid groups (broad SMARTS) is 1. The van der Waals surface area contributed by atoms with Crippen molar-refractivity contribution in [3.05, 3.63) is 29.3 Å². The lowest BCUT2D eigenvalue weighted by atomic mass is 9.43. The summed E-state index contributed by atoms with van der Waals surface area (Å²) in [5, 5.41) is 9.80. The summed E-state index contributed by atoms with van der Waals surface area (Å²) in [7, 11) is 1.76. The molecular formula is C29H38N2O4. The van der Waals surface area contributed by atoms with Crippen LogP contribution < -0.4 is 4.74 Å². The van der Waals surface area contributed by atoms with Gasteiger partial charge in [0.25, 0.3) is 0 Å². The number of hydrogen-bond acceptors (Lipinski definition) is 4. The lowest BCUT2D eigenvalue weighted by molar-refractivity contribution is -0.161. The highest BCUT2D eigenvalue weighted by Crippen LogP contribution is 2.75. The molecule has 0 radical (unpaired) electrons. The SMILES string of the molecule is COc1ccc2c(c1)[C@]13CCN(CC4CC4)[C@H](C2)[C@]12CCC1C3[C@@H](CN1C(=O)C(C)(C)C(=O)O)C2. The molecule has 6 nitrogen and oxygen atoms in total.